The van der Waals surface area contributed by atoms with Crippen LogP contribution in [0.15, 0.2) is 72.9 Å². The molecule has 6 heteroatoms. The number of benzene rings is 2. The van der Waals surface area contributed by atoms with Gasteiger partial charge >= 0.3 is 11.9 Å². The fourth-order valence-corrected chi connectivity index (χ4v) is 3.90. The van der Waals surface area contributed by atoms with Gasteiger partial charge in [0.2, 0.25) is 0 Å². The van der Waals surface area contributed by atoms with Crippen LogP contribution in [0.1, 0.15) is 31.1 Å². The van der Waals surface area contributed by atoms with Crippen LogP contribution in [0.2, 0.25) is 0 Å². The zero-order chi connectivity index (χ0) is 23.6. The molecule has 4 aromatic rings. The van der Waals surface area contributed by atoms with Crippen molar-refractivity contribution in [3.05, 3.63) is 78.5 Å². The van der Waals surface area contributed by atoms with Gasteiger partial charge < -0.3 is 14.0 Å². The standard InChI is InChI=1S/C27H26N2O4/c1-27(2,3)33-22(30)17-29-24(19-13-9-6-10-14-19)23(18-11-7-5-8-12-18)21-15-20(26(31)32-4)16-28-25(21)29/h5-16H,17H2,1-4H3. The summed E-state index contributed by atoms with van der Waals surface area (Å²) >= 11 is 0. The Labute approximate surface area is 192 Å². The van der Waals surface area contributed by atoms with Crippen LogP contribution in [0.5, 0.6) is 0 Å². The molecule has 0 spiro atoms. The summed E-state index contributed by atoms with van der Waals surface area (Å²) in [5.41, 5.74) is 3.92. The van der Waals surface area contributed by atoms with Crippen molar-refractivity contribution in [1.29, 1.82) is 0 Å². The Morgan fingerprint density at radius 2 is 1.55 bits per heavy atom. The van der Waals surface area contributed by atoms with E-state index in [1.165, 1.54) is 13.3 Å². The normalized spacial score (nSPS) is 11.4. The van der Waals surface area contributed by atoms with E-state index in [0.29, 0.717) is 11.2 Å². The van der Waals surface area contributed by atoms with Gasteiger partial charge in [-0.25, -0.2) is 9.78 Å². The summed E-state index contributed by atoms with van der Waals surface area (Å²) in [6, 6.07) is 21.5. The van der Waals surface area contributed by atoms with Gasteiger partial charge in [0.05, 0.1) is 18.4 Å². The zero-order valence-electron chi connectivity index (χ0n) is 19.2. The quantitative estimate of drug-likeness (QED) is 0.382. The van der Waals surface area contributed by atoms with E-state index in [-0.39, 0.29) is 12.5 Å². The van der Waals surface area contributed by atoms with E-state index in [9.17, 15) is 9.59 Å². The summed E-state index contributed by atoms with van der Waals surface area (Å²) in [6.45, 7) is 5.50. The van der Waals surface area contributed by atoms with Gasteiger partial charge in [0.1, 0.15) is 17.8 Å². The molecule has 2 aromatic carbocycles. The molecule has 0 fully saturated rings. The Balaban J connectivity index is 2.04. The highest BCUT2D eigenvalue weighted by atomic mass is 16.6. The van der Waals surface area contributed by atoms with Crippen molar-refractivity contribution in [3.63, 3.8) is 0 Å². The van der Waals surface area contributed by atoms with E-state index < -0.39 is 11.6 Å². The summed E-state index contributed by atoms with van der Waals surface area (Å²) in [5, 5.41) is 0.756. The summed E-state index contributed by atoms with van der Waals surface area (Å²) in [5.74, 6) is -0.834. The first-order valence-electron chi connectivity index (χ1n) is 10.7. The number of fused-ring (bicyclic) bond motifs is 1. The first-order valence-corrected chi connectivity index (χ1v) is 10.7. The number of aromatic nitrogens is 2. The number of hydrogen-bond acceptors (Lipinski definition) is 5. The van der Waals surface area contributed by atoms with Crippen LogP contribution in [0.3, 0.4) is 0 Å². The molecule has 0 radical (unpaired) electrons. The second-order valence-corrected chi connectivity index (χ2v) is 8.71. The lowest BCUT2D eigenvalue weighted by atomic mass is 9.98. The number of ether oxygens (including phenoxy) is 2. The predicted molar refractivity (Wildman–Crippen MR) is 128 cm³/mol. The molecule has 4 rings (SSSR count). The van der Waals surface area contributed by atoms with Crippen LogP contribution in [0, 0.1) is 0 Å². The van der Waals surface area contributed by atoms with E-state index in [4.69, 9.17) is 9.47 Å². The molecule has 0 bridgehead atoms. The van der Waals surface area contributed by atoms with Gasteiger partial charge in [-0.15, -0.1) is 0 Å². The number of carbonyl (C=O) groups is 2. The Morgan fingerprint density at radius 1 is 0.939 bits per heavy atom. The van der Waals surface area contributed by atoms with Gasteiger partial charge in [0.25, 0.3) is 0 Å². The molecule has 2 aromatic heterocycles. The molecular weight excluding hydrogens is 416 g/mol. The smallest absolute Gasteiger partial charge is 0.339 e. The number of esters is 2. The fraction of sp³-hybridized carbons (Fsp3) is 0.222. The molecular formula is C27H26N2O4. The third kappa shape index (κ3) is 4.65. The van der Waals surface area contributed by atoms with Crippen LogP contribution >= 0.6 is 0 Å². The molecule has 0 saturated heterocycles. The van der Waals surface area contributed by atoms with Crippen molar-refractivity contribution in [3.8, 4) is 22.4 Å². The van der Waals surface area contributed by atoms with Crippen molar-refractivity contribution in [2.75, 3.05) is 7.11 Å². The highest BCUT2D eigenvalue weighted by Gasteiger charge is 2.25. The molecule has 0 aliphatic carbocycles. The first kappa shape index (κ1) is 22.3. The lowest BCUT2D eigenvalue weighted by molar-refractivity contribution is -0.155. The summed E-state index contributed by atoms with van der Waals surface area (Å²) < 4.78 is 12.4. The van der Waals surface area contributed by atoms with Gasteiger partial charge in [-0.1, -0.05) is 60.7 Å². The van der Waals surface area contributed by atoms with E-state index in [1.807, 2.05) is 86.0 Å². The summed E-state index contributed by atoms with van der Waals surface area (Å²) in [7, 11) is 1.34. The maximum absolute atomic E-state index is 12.9. The Morgan fingerprint density at radius 3 is 2.12 bits per heavy atom. The number of hydrogen-bond donors (Lipinski definition) is 0. The van der Waals surface area contributed by atoms with Crippen LogP contribution < -0.4 is 0 Å². The maximum Gasteiger partial charge on any atom is 0.339 e. The van der Waals surface area contributed by atoms with Crippen molar-refractivity contribution >= 4 is 23.0 Å². The minimum absolute atomic E-state index is 0.0185. The number of pyridine rings is 1. The van der Waals surface area contributed by atoms with Gasteiger partial charge in [0, 0.05) is 17.1 Å². The molecule has 0 amide bonds. The Kier molecular flexibility index (Phi) is 6.01. The SMILES string of the molecule is COC(=O)c1cnc2c(c1)c(-c1ccccc1)c(-c1ccccc1)n2CC(=O)OC(C)(C)C. The fourth-order valence-electron chi connectivity index (χ4n) is 3.90. The predicted octanol–water partition coefficient (Wildman–Crippen LogP) is 5.50. The van der Waals surface area contributed by atoms with Crippen LogP contribution in [-0.4, -0.2) is 34.2 Å². The average Bonchev–Trinajstić information content (AvgIpc) is 3.11. The maximum atomic E-state index is 12.9. The minimum Gasteiger partial charge on any atom is -0.465 e. The molecule has 0 atom stereocenters. The second-order valence-electron chi connectivity index (χ2n) is 8.71. The highest BCUT2D eigenvalue weighted by molar-refractivity contribution is 6.06. The number of nitrogens with zero attached hydrogens (tertiary/aromatic N) is 2. The van der Waals surface area contributed by atoms with E-state index in [0.717, 1.165) is 27.8 Å². The largest absolute Gasteiger partial charge is 0.465 e. The lowest BCUT2D eigenvalue weighted by Gasteiger charge is -2.20. The van der Waals surface area contributed by atoms with Gasteiger partial charge in [-0.3, -0.25) is 4.79 Å². The van der Waals surface area contributed by atoms with Crippen molar-refractivity contribution in [2.45, 2.75) is 32.9 Å². The molecule has 0 unspecified atom stereocenters. The second kappa shape index (κ2) is 8.90. The summed E-state index contributed by atoms with van der Waals surface area (Å²) in [4.78, 5) is 29.7. The first-order chi connectivity index (χ1) is 15.8. The van der Waals surface area contributed by atoms with E-state index >= 15 is 0 Å². The average molecular weight is 443 g/mol. The molecule has 33 heavy (non-hydrogen) atoms. The van der Waals surface area contributed by atoms with Crippen molar-refractivity contribution < 1.29 is 19.1 Å². The van der Waals surface area contributed by atoms with Crippen LogP contribution in [-0.2, 0) is 20.8 Å². The number of carbonyl (C=O) groups excluding carboxylic acids is 2. The molecule has 0 aliphatic heterocycles. The third-order valence-corrected chi connectivity index (χ3v) is 5.14. The number of methoxy groups -OCH3 is 1. The molecule has 0 aliphatic rings. The summed E-state index contributed by atoms with van der Waals surface area (Å²) in [6.07, 6.45) is 1.48. The Bertz CT molecular complexity index is 1300. The third-order valence-electron chi connectivity index (χ3n) is 5.14. The van der Waals surface area contributed by atoms with Crippen molar-refractivity contribution in [2.24, 2.45) is 0 Å². The monoisotopic (exact) mass is 442 g/mol. The molecule has 0 saturated carbocycles. The topological polar surface area (TPSA) is 70.4 Å². The molecule has 2 heterocycles. The van der Waals surface area contributed by atoms with Crippen LogP contribution in [0.25, 0.3) is 33.4 Å². The minimum atomic E-state index is -0.610. The highest BCUT2D eigenvalue weighted by Crippen LogP contribution is 2.40. The number of rotatable bonds is 5. The molecule has 168 valence electrons. The van der Waals surface area contributed by atoms with E-state index in [1.54, 1.807) is 6.07 Å². The van der Waals surface area contributed by atoms with Gasteiger partial charge in [-0.05, 0) is 38.0 Å². The van der Waals surface area contributed by atoms with Gasteiger partial charge in [-0.2, -0.15) is 0 Å². The van der Waals surface area contributed by atoms with E-state index in [2.05, 4.69) is 4.98 Å². The Hall–Kier alpha value is -3.93. The molecule has 6 nitrogen and oxygen atoms in total. The van der Waals surface area contributed by atoms with Gasteiger partial charge in [0.15, 0.2) is 0 Å². The zero-order valence-corrected chi connectivity index (χ0v) is 19.2. The van der Waals surface area contributed by atoms with Crippen molar-refractivity contribution in [1.82, 2.24) is 9.55 Å². The lowest BCUT2D eigenvalue weighted by Crippen LogP contribution is -2.26. The molecule has 0 N–H and O–H groups in total. The van der Waals surface area contributed by atoms with Crippen LogP contribution in [0.4, 0.5) is 0 Å².